The van der Waals surface area contributed by atoms with Crippen LogP contribution in [0.4, 0.5) is 0 Å². The monoisotopic (exact) mass is 356 g/mol. The van der Waals surface area contributed by atoms with Crippen molar-refractivity contribution in [1.82, 2.24) is 0 Å². The third kappa shape index (κ3) is 7.32. The number of hydrogen-bond acceptors (Lipinski definition) is 2. The molecule has 0 heterocycles. The Kier molecular flexibility index (Phi) is 9.77. The molecule has 0 saturated heterocycles. The minimum atomic E-state index is -0.431. The number of benzene rings is 1. The van der Waals surface area contributed by atoms with Gasteiger partial charge < -0.3 is 9.84 Å². The molecule has 1 atom stereocenters. The summed E-state index contributed by atoms with van der Waals surface area (Å²) in [5.74, 6) is 0.802. The summed E-state index contributed by atoms with van der Waals surface area (Å²) in [7, 11) is 0. The molecular formula is C18H29BrO2. The van der Waals surface area contributed by atoms with Crippen LogP contribution in [0.3, 0.4) is 0 Å². The standard InChI is InChI=1S/C18H29BrO2/c1-3-5-6-7-8-9-10-11-17(20)16-14-15(19)12-13-18(16)21-4-2/h12-14,17,20H,3-11H2,1-2H3. The lowest BCUT2D eigenvalue weighted by molar-refractivity contribution is 0.158. The maximum Gasteiger partial charge on any atom is 0.125 e. The quantitative estimate of drug-likeness (QED) is 0.491. The predicted octanol–water partition coefficient (Wildman–Crippen LogP) is 6.02. The Morgan fingerprint density at radius 2 is 1.71 bits per heavy atom. The molecule has 3 heteroatoms. The van der Waals surface area contributed by atoms with E-state index in [1.807, 2.05) is 25.1 Å². The van der Waals surface area contributed by atoms with E-state index < -0.39 is 6.10 Å². The normalized spacial score (nSPS) is 12.4. The summed E-state index contributed by atoms with van der Waals surface area (Å²) in [6.07, 6.45) is 9.25. The summed E-state index contributed by atoms with van der Waals surface area (Å²) in [6, 6.07) is 5.85. The Morgan fingerprint density at radius 3 is 2.38 bits per heavy atom. The molecule has 0 aromatic heterocycles. The average molecular weight is 357 g/mol. The first kappa shape index (κ1) is 18.5. The van der Waals surface area contributed by atoms with Crippen molar-refractivity contribution in [2.45, 2.75) is 71.3 Å². The highest BCUT2D eigenvalue weighted by Crippen LogP contribution is 2.31. The zero-order valence-corrected chi connectivity index (χ0v) is 15.0. The number of rotatable bonds is 11. The number of aliphatic hydroxyl groups excluding tert-OH is 1. The first-order chi connectivity index (χ1) is 10.2. The van der Waals surface area contributed by atoms with Gasteiger partial charge in [-0.05, 0) is 31.5 Å². The molecule has 1 aromatic rings. The average Bonchev–Trinajstić information content (AvgIpc) is 2.48. The molecule has 2 nitrogen and oxygen atoms in total. The van der Waals surface area contributed by atoms with E-state index in [1.54, 1.807) is 0 Å². The molecule has 0 amide bonds. The van der Waals surface area contributed by atoms with Gasteiger partial charge in [-0.2, -0.15) is 0 Å². The maximum absolute atomic E-state index is 10.4. The lowest BCUT2D eigenvalue weighted by atomic mass is 10.0. The van der Waals surface area contributed by atoms with Crippen molar-refractivity contribution in [3.8, 4) is 5.75 Å². The van der Waals surface area contributed by atoms with Gasteiger partial charge in [0.15, 0.2) is 0 Å². The topological polar surface area (TPSA) is 29.5 Å². The van der Waals surface area contributed by atoms with Gasteiger partial charge in [0.05, 0.1) is 12.7 Å². The highest BCUT2D eigenvalue weighted by Gasteiger charge is 2.13. The van der Waals surface area contributed by atoms with E-state index in [4.69, 9.17) is 4.74 Å². The van der Waals surface area contributed by atoms with E-state index in [2.05, 4.69) is 22.9 Å². The summed E-state index contributed by atoms with van der Waals surface area (Å²) in [4.78, 5) is 0. The van der Waals surface area contributed by atoms with Gasteiger partial charge in [0.2, 0.25) is 0 Å². The molecule has 1 N–H and O–H groups in total. The summed E-state index contributed by atoms with van der Waals surface area (Å²) in [6.45, 7) is 4.83. The summed E-state index contributed by atoms with van der Waals surface area (Å²) in [5.41, 5.74) is 0.900. The number of halogens is 1. The van der Waals surface area contributed by atoms with Crippen molar-refractivity contribution in [2.75, 3.05) is 6.61 Å². The van der Waals surface area contributed by atoms with Crippen LogP contribution in [-0.4, -0.2) is 11.7 Å². The first-order valence-corrected chi connectivity index (χ1v) is 9.08. The molecule has 0 aliphatic rings. The van der Waals surface area contributed by atoms with E-state index in [0.29, 0.717) is 6.61 Å². The number of ether oxygens (including phenoxy) is 1. The van der Waals surface area contributed by atoms with Gasteiger partial charge in [-0.1, -0.05) is 67.8 Å². The highest BCUT2D eigenvalue weighted by atomic mass is 79.9. The molecule has 0 aliphatic heterocycles. The van der Waals surface area contributed by atoms with Gasteiger partial charge in [0.1, 0.15) is 5.75 Å². The first-order valence-electron chi connectivity index (χ1n) is 8.29. The molecule has 0 fully saturated rings. The molecule has 0 spiro atoms. The molecule has 0 radical (unpaired) electrons. The molecule has 0 saturated carbocycles. The van der Waals surface area contributed by atoms with Crippen LogP contribution in [0.1, 0.15) is 76.9 Å². The van der Waals surface area contributed by atoms with Crippen LogP contribution >= 0.6 is 15.9 Å². The summed E-state index contributed by atoms with van der Waals surface area (Å²) >= 11 is 3.47. The minimum absolute atomic E-state index is 0.431. The third-order valence-electron chi connectivity index (χ3n) is 3.71. The van der Waals surface area contributed by atoms with Crippen molar-refractivity contribution in [1.29, 1.82) is 0 Å². The van der Waals surface area contributed by atoms with Crippen LogP contribution < -0.4 is 4.74 Å². The second kappa shape index (κ2) is 11.1. The van der Waals surface area contributed by atoms with Crippen molar-refractivity contribution in [3.63, 3.8) is 0 Å². The van der Waals surface area contributed by atoms with Gasteiger partial charge in [0.25, 0.3) is 0 Å². The molecule has 120 valence electrons. The van der Waals surface area contributed by atoms with Gasteiger partial charge in [-0.25, -0.2) is 0 Å². The Bertz CT molecular complexity index is 393. The molecular weight excluding hydrogens is 328 g/mol. The van der Waals surface area contributed by atoms with Crippen molar-refractivity contribution >= 4 is 15.9 Å². The van der Waals surface area contributed by atoms with Crippen LogP contribution in [0.2, 0.25) is 0 Å². The van der Waals surface area contributed by atoms with E-state index in [0.717, 1.165) is 28.6 Å². The number of hydrogen-bond donors (Lipinski definition) is 1. The fourth-order valence-corrected chi connectivity index (χ4v) is 2.90. The Morgan fingerprint density at radius 1 is 1.05 bits per heavy atom. The minimum Gasteiger partial charge on any atom is -0.493 e. The van der Waals surface area contributed by atoms with Crippen molar-refractivity contribution in [2.24, 2.45) is 0 Å². The largest absolute Gasteiger partial charge is 0.493 e. The van der Waals surface area contributed by atoms with Crippen LogP contribution in [0.5, 0.6) is 5.75 Å². The zero-order valence-electron chi connectivity index (χ0n) is 13.4. The van der Waals surface area contributed by atoms with Crippen molar-refractivity contribution < 1.29 is 9.84 Å². The van der Waals surface area contributed by atoms with Gasteiger partial charge in [-0.15, -0.1) is 0 Å². The molecule has 0 bridgehead atoms. The number of aliphatic hydroxyl groups is 1. The second-order valence-corrected chi connectivity index (χ2v) is 6.46. The smallest absolute Gasteiger partial charge is 0.125 e. The van der Waals surface area contributed by atoms with Gasteiger partial charge in [-0.3, -0.25) is 0 Å². The van der Waals surface area contributed by atoms with E-state index >= 15 is 0 Å². The highest BCUT2D eigenvalue weighted by molar-refractivity contribution is 9.10. The van der Waals surface area contributed by atoms with Crippen LogP contribution in [0.25, 0.3) is 0 Å². The third-order valence-corrected chi connectivity index (χ3v) is 4.21. The summed E-state index contributed by atoms with van der Waals surface area (Å²) < 4.78 is 6.59. The molecule has 1 unspecified atom stereocenters. The fraction of sp³-hybridized carbons (Fsp3) is 0.667. The molecule has 1 aromatic carbocycles. The zero-order chi connectivity index (χ0) is 15.5. The SMILES string of the molecule is CCCCCCCCCC(O)c1cc(Br)ccc1OCC. The lowest BCUT2D eigenvalue weighted by Crippen LogP contribution is -2.03. The van der Waals surface area contributed by atoms with Gasteiger partial charge in [0, 0.05) is 10.0 Å². The molecule has 0 aliphatic carbocycles. The van der Waals surface area contributed by atoms with E-state index in [-0.39, 0.29) is 0 Å². The second-order valence-electron chi connectivity index (χ2n) is 5.54. The Balaban J connectivity index is 2.37. The summed E-state index contributed by atoms with van der Waals surface area (Å²) in [5, 5.41) is 10.4. The van der Waals surface area contributed by atoms with E-state index in [1.165, 1.54) is 38.5 Å². The Hall–Kier alpha value is -0.540. The fourth-order valence-electron chi connectivity index (χ4n) is 2.52. The maximum atomic E-state index is 10.4. The molecule has 21 heavy (non-hydrogen) atoms. The molecule has 1 rings (SSSR count). The Labute approximate surface area is 138 Å². The van der Waals surface area contributed by atoms with Crippen molar-refractivity contribution in [3.05, 3.63) is 28.2 Å². The number of unbranched alkanes of at least 4 members (excludes halogenated alkanes) is 6. The van der Waals surface area contributed by atoms with Crippen LogP contribution in [0.15, 0.2) is 22.7 Å². The lowest BCUT2D eigenvalue weighted by Gasteiger charge is -2.16. The van der Waals surface area contributed by atoms with Gasteiger partial charge >= 0.3 is 0 Å². The predicted molar refractivity (Wildman–Crippen MR) is 92.9 cm³/mol. The van der Waals surface area contributed by atoms with E-state index in [9.17, 15) is 5.11 Å². The van der Waals surface area contributed by atoms with Crippen LogP contribution in [0, 0.1) is 0 Å². The van der Waals surface area contributed by atoms with Crippen LogP contribution in [-0.2, 0) is 0 Å².